The first-order valence-electron chi connectivity index (χ1n) is 4.63. The van der Waals surface area contributed by atoms with E-state index >= 15 is 0 Å². The first kappa shape index (κ1) is 9.75. The van der Waals surface area contributed by atoms with Crippen molar-refractivity contribution in [1.29, 1.82) is 0 Å². The van der Waals surface area contributed by atoms with Gasteiger partial charge in [0.15, 0.2) is 0 Å². The summed E-state index contributed by atoms with van der Waals surface area (Å²) >= 11 is 1.33. The molecular formula is C7H13N5OS. The molecule has 0 amide bonds. The van der Waals surface area contributed by atoms with Gasteiger partial charge in [-0.05, 0) is 5.21 Å². The number of nitrogens with zero attached hydrogens (tertiary/aromatic N) is 5. The Labute approximate surface area is 86.3 Å². The lowest BCUT2D eigenvalue weighted by molar-refractivity contribution is 0.188. The molecule has 0 spiro atoms. The van der Waals surface area contributed by atoms with Crippen LogP contribution in [0.15, 0.2) is 0 Å². The van der Waals surface area contributed by atoms with Gasteiger partial charge in [0.25, 0.3) is 0 Å². The standard InChI is InChI=1S/C7H13N5OS/c13-6-5-11-1-3-12(4-2-11)7-8-9-10-14-7/h13H,1-6H2. The van der Waals surface area contributed by atoms with Crippen LogP contribution < -0.4 is 4.90 Å². The first-order chi connectivity index (χ1) is 6.90. The molecule has 0 radical (unpaired) electrons. The zero-order chi connectivity index (χ0) is 9.80. The predicted molar refractivity (Wildman–Crippen MR) is 53.4 cm³/mol. The van der Waals surface area contributed by atoms with Crippen LogP contribution in [0, 0.1) is 0 Å². The average Bonchev–Trinajstić information content (AvgIpc) is 2.72. The number of anilines is 1. The van der Waals surface area contributed by atoms with Crippen molar-refractivity contribution in [3.05, 3.63) is 0 Å². The van der Waals surface area contributed by atoms with E-state index in [0.29, 0.717) is 0 Å². The van der Waals surface area contributed by atoms with E-state index in [1.165, 1.54) is 11.5 Å². The smallest absolute Gasteiger partial charge is 0.227 e. The second kappa shape index (κ2) is 4.63. The van der Waals surface area contributed by atoms with Gasteiger partial charge in [-0.1, -0.05) is 9.59 Å². The van der Waals surface area contributed by atoms with Crippen LogP contribution >= 0.6 is 11.5 Å². The summed E-state index contributed by atoms with van der Waals surface area (Å²) in [6.45, 7) is 4.83. The molecule has 6 nitrogen and oxygen atoms in total. The van der Waals surface area contributed by atoms with Gasteiger partial charge in [-0.3, -0.25) is 4.90 Å². The van der Waals surface area contributed by atoms with E-state index in [9.17, 15) is 0 Å². The lowest BCUT2D eigenvalue weighted by Gasteiger charge is -2.33. The molecule has 0 aliphatic carbocycles. The Bertz CT molecular complexity index is 259. The van der Waals surface area contributed by atoms with Crippen LogP contribution in [0.25, 0.3) is 0 Å². The number of hydrogen-bond donors (Lipinski definition) is 1. The minimum atomic E-state index is 0.236. The molecule has 0 aromatic carbocycles. The molecule has 1 N–H and O–H groups in total. The molecule has 7 heteroatoms. The highest BCUT2D eigenvalue weighted by Gasteiger charge is 2.18. The molecule has 0 unspecified atom stereocenters. The van der Waals surface area contributed by atoms with Gasteiger partial charge in [0.1, 0.15) is 0 Å². The lowest BCUT2D eigenvalue weighted by atomic mass is 10.3. The van der Waals surface area contributed by atoms with Crippen LogP contribution in [0.5, 0.6) is 0 Å². The van der Waals surface area contributed by atoms with Crippen molar-refractivity contribution in [3.8, 4) is 0 Å². The molecule has 2 rings (SSSR count). The van der Waals surface area contributed by atoms with E-state index in [1.54, 1.807) is 0 Å². The molecule has 0 bridgehead atoms. The highest BCUT2D eigenvalue weighted by molar-refractivity contribution is 7.09. The van der Waals surface area contributed by atoms with Crippen molar-refractivity contribution in [2.45, 2.75) is 0 Å². The van der Waals surface area contributed by atoms with Crippen LogP contribution in [-0.4, -0.2) is 64.1 Å². The number of rotatable bonds is 3. The Morgan fingerprint density at radius 3 is 2.64 bits per heavy atom. The zero-order valence-corrected chi connectivity index (χ0v) is 8.65. The van der Waals surface area contributed by atoms with Crippen LogP contribution in [0.1, 0.15) is 0 Å². The van der Waals surface area contributed by atoms with E-state index < -0.39 is 0 Å². The molecule has 1 saturated heterocycles. The summed E-state index contributed by atoms with van der Waals surface area (Å²) in [7, 11) is 0. The van der Waals surface area contributed by atoms with Crippen LogP contribution in [0.4, 0.5) is 5.13 Å². The molecule has 14 heavy (non-hydrogen) atoms. The highest BCUT2D eigenvalue weighted by atomic mass is 32.1. The fraction of sp³-hybridized carbons (Fsp3) is 0.857. The Morgan fingerprint density at radius 1 is 1.29 bits per heavy atom. The van der Waals surface area contributed by atoms with Gasteiger partial charge in [0.05, 0.1) is 6.61 Å². The number of aliphatic hydroxyl groups is 1. The second-order valence-electron chi connectivity index (χ2n) is 3.20. The highest BCUT2D eigenvalue weighted by Crippen LogP contribution is 2.15. The van der Waals surface area contributed by atoms with Gasteiger partial charge in [0, 0.05) is 44.3 Å². The second-order valence-corrected chi connectivity index (χ2v) is 3.91. The van der Waals surface area contributed by atoms with E-state index in [4.69, 9.17) is 5.11 Å². The monoisotopic (exact) mass is 215 g/mol. The van der Waals surface area contributed by atoms with E-state index in [0.717, 1.165) is 37.9 Å². The van der Waals surface area contributed by atoms with E-state index in [2.05, 4.69) is 24.6 Å². The van der Waals surface area contributed by atoms with Gasteiger partial charge in [-0.2, -0.15) is 0 Å². The quantitative estimate of drug-likeness (QED) is 0.701. The SMILES string of the molecule is OCCN1CCN(c2nnns2)CC1. The predicted octanol–water partition coefficient (Wildman–Crippen LogP) is -0.953. The zero-order valence-electron chi connectivity index (χ0n) is 7.83. The third-order valence-electron chi connectivity index (χ3n) is 2.35. The Balaban J connectivity index is 1.84. The van der Waals surface area contributed by atoms with Crippen LogP contribution in [0.3, 0.4) is 0 Å². The third kappa shape index (κ3) is 2.17. The summed E-state index contributed by atoms with van der Waals surface area (Å²) in [5.41, 5.74) is 0. The maximum Gasteiger partial charge on any atom is 0.227 e. The van der Waals surface area contributed by atoms with Gasteiger partial charge >= 0.3 is 0 Å². The molecule has 0 saturated carbocycles. The van der Waals surface area contributed by atoms with Crippen molar-refractivity contribution in [2.24, 2.45) is 0 Å². The summed E-state index contributed by atoms with van der Waals surface area (Å²) in [4.78, 5) is 4.42. The van der Waals surface area contributed by atoms with Gasteiger partial charge in [-0.25, -0.2) is 0 Å². The summed E-state index contributed by atoms with van der Waals surface area (Å²) in [6.07, 6.45) is 0. The van der Waals surface area contributed by atoms with Crippen molar-refractivity contribution in [3.63, 3.8) is 0 Å². The van der Waals surface area contributed by atoms with Crippen molar-refractivity contribution >= 4 is 16.7 Å². The Kier molecular flexibility index (Phi) is 3.22. The summed E-state index contributed by atoms with van der Waals surface area (Å²) in [5, 5.41) is 17.2. The molecule has 1 aromatic rings. The molecule has 1 aliphatic rings. The van der Waals surface area contributed by atoms with Gasteiger partial charge in [0.2, 0.25) is 5.13 Å². The Hall–Kier alpha value is -0.790. The average molecular weight is 215 g/mol. The summed E-state index contributed by atoms with van der Waals surface area (Å²) < 4.78 is 3.74. The lowest BCUT2D eigenvalue weighted by Crippen LogP contribution is -2.47. The fourth-order valence-corrected chi connectivity index (χ4v) is 2.07. The maximum atomic E-state index is 8.78. The minimum absolute atomic E-state index is 0.236. The van der Waals surface area contributed by atoms with Crippen molar-refractivity contribution < 1.29 is 5.11 Å². The molecule has 78 valence electrons. The van der Waals surface area contributed by atoms with Gasteiger partial charge in [-0.15, -0.1) is 0 Å². The summed E-state index contributed by atoms with van der Waals surface area (Å²) in [5.74, 6) is 0. The molecule has 1 fully saturated rings. The van der Waals surface area contributed by atoms with Gasteiger partial charge < -0.3 is 10.0 Å². The third-order valence-corrected chi connectivity index (χ3v) is 3.01. The number of β-amino-alcohol motifs (C(OH)–C–C–N with tert-alkyl or cyclic N) is 1. The van der Waals surface area contributed by atoms with Crippen molar-refractivity contribution in [1.82, 2.24) is 19.7 Å². The fourth-order valence-electron chi connectivity index (χ4n) is 1.55. The number of hydrogen-bond acceptors (Lipinski definition) is 7. The number of aliphatic hydroxyl groups excluding tert-OH is 1. The molecule has 1 aromatic heterocycles. The minimum Gasteiger partial charge on any atom is -0.395 e. The van der Waals surface area contributed by atoms with Crippen molar-refractivity contribution in [2.75, 3.05) is 44.2 Å². The number of aromatic nitrogens is 3. The number of piperazine rings is 1. The van der Waals surface area contributed by atoms with Crippen LogP contribution in [0.2, 0.25) is 0 Å². The Morgan fingerprint density at radius 2 is 2.07 bits per heavy atom. The normalized spacial score (nSPS) is 18.8. The molecular weight excluding hydrogens is 202 g/mol. The van der Waals surface area contributed by atoms with E-state index in [1.807, 2.05) is 0 Å². The molecule has 2 heterocycles. The topological polar surface area (TPSA) is 65.4 Å². The first-order valence-corrected chi connectivity index (χ1v) is 5.40. The molecule has 0 atom stereocenters. The van der Waals surface area contributed by atoms with Crippen LogP contribution in [-0.2, 0) is 0 Å². The molecule has 1 aliphatic heterocycles. The largest absolute Gasteiger partial charge is 0.395 e. The van der Waals surface area contributed by atoms with E-state index in [-0.39, 0.29) is 6.61 Å². The maximum absolute atomic E-state index is 8.78. The summed E-state index contributed by atoms with van der Waals surface area (Å²) in [6, 6.07) is 0.